The summed E-state index contributed by atoms with van der Waals surface area (Å²) >= 11 is 0. The van der Waals surface area contributed by atoms with E-state index in [1.165, 1.54) is 0 Å². The Morgan fingerprint density at radius 1 is 0.600 bits per heavy atom. The molecule has 0 saturated carbocycles. The van der Waals surface area contributed by atoms with Gasteiger partial charge in [-0.2, -0.15) is 0 Å². The molecule has 0 unspecified atom stereocenters. The number of carbonyl (C=O) groups is 4. The SMILES string of the molecule is O=C(O)c1ccc(C(=O)O)c([CH]c2cc(C(=O)O)ccc2C(=O)O)c1. The third kappa shape index (κ3) is 3.81. The lowest BCUT2D eigenvalue weighted by atomic mass is 9.93. The van der Waals surface area contributed by atoms with Crippen LogP contribution in [0.5, 0.6) is 0 Å². The maximum atomic E-state index is 11.3. The Bertz CT molecular complexity index is 824. The van der Waals surface area contributed by atoms with Gasteiger partial charge >= 0.3 is 23.9 Å². The van der Waals surface area contributed by atoms with Crippen molar-refractivity contribution in [3.05, 3.63) is 76.2 Å². The third-order valence-electron chi connectivity index (χ3n) is 3.37. The van der Waals surface area contributed by atoms with Gasteiger partial charge in [0, 0.05) is 6.42 Å². The maximum absolute atomic E-state index is 11.3. The molecule has 0 aliphatic heterocycles. The van der Waals surface area contributed by atoms with Crippen LogP contribution in [0.1, 0.15) is 52.6 Å². The molecule has 2 aromatic rings. The fraction of sp³-hybridized carbons (Fsp3) is 0. The van der Waals surface area contributed by atoms with Crippen molar-refractivity contribution in [3.63, 3.8) is 0 Å². The minimum Gasteiger partial charge on any atom is -0.478 e. The van der Waals surface area contributed by atoms with Gasteiger partial charge < -0.3 is 20.4 Å². The van der Waals surface area contributed by atoms with Crippen molar-refractivity contribution in [2.24, 2.45) is 0 Å². The average Bonchev–Trinajstić information content (AvgIpc) is 2.54. The Hall–Kier alpha value is -3.68. The van der Waals surface area contributed by atoms with Crippen LogP contribution in [0.15, 0.2) is 36.4 Å². The second-order valence-electron chi connectivity index (χ2n) is 4.97. The summed E-state index contributed by atoms with van der Waals surface area (Å²) in [5.74, 6) is -5.25. The molecule has 4 N–H and O–H groups in total. The zero-order chi connectivity index (χ0) is 18.7. The summed E-state index contributed by atoms with van der Waals surface area (Å²) in [6, 6.07) is 6.53. The normalized spacial score (nSPS) is 10.2. The van der Waals surface area contributed by atoms with Crippen molar-refractivity contribution in [2.45, 2.75) is 0 Å². The second kappa shape index (κ2) is 6.83. The molecular weight excluding hydrogens is 332 g/mol. The molecule has 2 aromatic carbocycles. The zero-order valence-electron chi connectivity index (χ0n) is 12.5. The van der Waals surface area contributed by atoms with E-state index in [2.05, 4.69) is 0 Å². The lowest BCUT2D eigenvalue weighted by Crippen LogP contribution is -2.09. The van der Waals surface area contributed by atoms with E-state index in [9.17, 15) is 29.4 Å². The molecule has 0 spiro atoms. The van der Waals surface area contributed by atoms with Crippen LogP contribution in [0.4, 0.5) is 0 Å². The van der Waals surface area contributed by atoms with Crippen LogP contribution >= 0.6 is 0 Å². The fourth-order valence-corrected chi connectivity index (χ4v) is 2.19. The largest absolute Gasteiger partial charge is 0.478 e. The molecule has 0 amide bonds. The van der Waals surface area contributed by atoms with Crippen molar-refractivity contribution in [3.8, 4) is 0 Å². The lowest BCUT2D eigenvalue weighted by Gasteiger charge is -2.10. The van der Waals surface area contributed by atoms with E-state index < -0.39 is 23.9 Å². The minimum absolute atomic E-state index is 0.0579. The highest BCUT2D eigenvalue weighted by atomic mass is 16.4. The molecule has 0 aromatic heterocycles. The molecule has 0 heterocycles. The van der Waals surface area contributed by atoms with Crippen LogP contribution in [0.25, 0.3) is 0 Å². The van der Waals surface area contributed by atoms with E-state index in [-0.39, 0.29) is 33.4 Å². The van der Waals surface area contributed by atoms with Gasteiger partial charge in [-0.1, -0.05) is 0 Å². The topological polar surface area (TPSA) is 149 Å². The van der Waals surface area contributed by atoms with Crippen molar-refractivity contribution in [1.29, 1.82) is 0 Å². The molecule has 8 heteroatoms. The van der Waals surface area contributed by atoms with Crippen LogP contribution in [0, 0.1) is 6.42 Å². The van der Waals surface area contributed by atoms with Crippen molar-refractivity contribution in [1.82, 2.24) is 0 Å². The van der Waals surface area contributed by atoms with E-state index in [1.807, 2.05) is 0 Å². The van der Waals surface area contributed by atoms with Gasteiger partial charge in [-0.25, -0.2) is 19.2 Å². The number of aromatic carboxylic acids is 4. The molecule has 0 bridgehead atoms. The number of hydrogen-bond acceptors (Lipinski definition) is 4. The molecule has 0 aliphatic rings. The molecule has 0 fully saturated rings. The summed E-state index contributed by atoms with van der Waals surface area (Å²) < 4.78 is 0. The first-order valence-corrected chi connectivity index (χ1v) is 6.76. The van der Waals surface area contributed by atoms with Gasteiger partial charge in [0.05, 0.1) is 22.3 Å². The number of rotatable bonds is 6. The smallest absolute Gasteiger partial charge is 0.335 e. The predicted octanol–water partition coefficient (Wildman–Crippen LogP) is 2.08. The maximum Gasteiger partial charge on any atom is 0.335 e. The zero-order valence-corrected chi connectivity index (χ0v) is 12.5. The predicted molar refractivity (Wildman–Crippen MR) is 83.2 cm³/mol. The average molecular weight is 343 g/mol. The number of hydrogen-bond donors (Lipinski definition) is 4. The van der Waals surface area contributed by atoms with Crippen LogP contribution in [0.3, 0.4) is 0 Å². The van der Waals surface area contributed by atoms with E-state index in [0.29, 0.717) is 0 Å². The second-order valence-corrected chi connectivity index (χ2v) is 4.97. The van der Waals surface area contributed by atoms with Gasteiger partial charge in [0.1, 0.15) is 0 Å². The first-order chi connectivity index (χ1) is 11.7. The number of carboxylic acids is 4. The van der Waals surface area contributed by atoms with Crippen molar-refractivity contribution in [2.75, 3.05) is 0 Å². The monoisotopic (exact) mass is 343 g/mol. The highest BCUT2D eigenvalue weighted by molar-refractivity contribution is 5.96. The van der Waals surface area contributed by atoms with Gasteiger partial charge in [0.2, 0.25) is 0 Å². The van der Waals surface area contributed by atoms with Crippen LogP contribution < -0.4 is 0 Å². The summed E-state index contributed by atoms with van der Waals surface area (Å²) in [5.41, 5.74) is -0.996. The standard InChI is InChI=1S/C17H11O8/c18-14(19)8-1-3-12(16(22)23)10(5-8)7-11-6-9(15(20)21)2-4-13(11)17(24)25/h1-7H,(H,18,19)(H,20,21)(H,22,23)(H,24,25). The third-order valence-corrected chi connectivity index (χ3v) is 3.37. The molecule has 1 radical (unpaired) electrons. The summed E-state index contributed by atoms with van der Waals surface area (Å²) in [7, 11) is 0. The van der Waals surface area contributed by atoms with Crippen molar-refractivity contribution < 1.29 is 39.6 Å². The molecule has 0 atom stereocenters. The van der Waals surface area contributed by atoms with E-state index in [4.69, 9.17) is 10.2 Å². The highest BCUT2D eigenvalue weighted by Gasteiger charge is 2.19. The number of benzene rings is 2. The first kappa shape index (κ1) is 17.7. The van der Waals surface area contributed by atoms with E-state index in [1.54, 1.807) is 0 Å². The van der Waals surface area contributed by atoms with Crippen LogP contribution in [-0.2, 0) is 0 Å². The van der Waals surface area contributed by atoms with E-state index in [0.717, 1.165) is 42.8 Å². The summed E-state index contributed by atoms with van der Waals surface area (Å²) in [4.78, 5) is 44.8. The van der Waals surface area contributed by atoms with Crippen molar-refractivity contribution >= 4 is 23.9 Å². The van der Waals surface area contributed by atoms with Gasteiger partial charge in [0.25, 0.3) is 0 Å². The summed E-state index contributed by atoms with van der Waals surface area (Å²) in [6.45, 7) is 0. The first-order valence-electron chi connectivity index (χ1n) is 6.76. The molecule has 8 nitrogen and oxygen atoms in total. The van der Waals surface area contributed by atoms with Crippen LogP contribution in [0.2, 0.25) is 0 Å². The quantitative estimate of drug-likeness (QED) is 0.622. The van der Waals surface area contributed by atoms with E-state index >= 15 is 0 Å². The Balaban J connectivity index is 2.61. The molecule has 0 saturated heterocycles. The summed E-state index contributed by atoms with van der Waals surface area (Å²) in [6.07, 6.45) is 1.13. The van der Waals surface area contributed by atoms with Crippen LogP contribution in [-0.4, -0.2) is 44.3 Å². The molecule has 2 rings (SSSR count). The van der Waals surface area contributed by atoms with Gasteiger partial charge in [-0.05, 0) is 47.5 Å². The Kier molecular flexibility index (Phi) is 4.83. The Morgan fingerprint density at radius 2 is 0.960 bits per heavy atom. The summed E-state index contributed by atoms with van der Waals surface area (Å²) in [5, 5.41) is 36.5. The van der Waals surface area contributed by atoms with Gasteiger partial charge in [-0.3, -0.25) is 0 Å². The highest BCUT2D eigenvalue weighted by Crippen LogP contribution is 2.23. The minimum atomic E-state index is -1.34. The van der Waals surface area contributed by atoms with Gasteiger partial charge in [-0.15, -0.1) is 0 Å². The fourth-order valence-electron chi connectivity index (χ4n) is 2.19. The Morgan fingerprint density at radius 3 is 1.24 bits per heavy atom. The number of carboxylic acid groups (broad SMARTS) is 4. The Labute approximate surface area is 140 Å². The molecule has 0 aliphatic carbocycles. The molecular formula is C17H11O8. The molecule has 25 heavy (non-hydrogen) atoms. The molecule has 127 valence electrons. The lowest BCUT2D eigenvalue weighted by molar-refractivity contribution is 0.0679. The van der Waals surface area contributed by atoms with Gasteiger partial charge in [0.15, 0.2) is 0 Å².